The average Bonchev–Trinajstić information content (AvgIpc) is 3.10. The zero-order valence-corrected chi connectivity index (χ0v) is 21.6. The summed E-state index contributed by atoms with van der Waals surface area (Å²) in [6, 6.07) is -0.00234. The lowest BCUT2D eigenvalue weighted by atomic mass is 9.69. The number of ether oxygens (including phenoxy) is 2. The number of Topliss-reactive ketones (excluding diaryl/α,β-unsaturated/α-hetero) is 1. The Morgan fingerprint density at radius 1 is 1.35 bits per heavy atom. The summed E-state index contributed by atoms with van der Waals surface area (Å²) in [6.45, 7) is 13.2. The summed E-state index contributed by atoms with van der Waals surface area (Å²) in [6.07, 6.45) is 7.62. The first-order valence-electron chi connectivity index (χ1n) is 12.2. The molecule has 3 aliphatic rings. The third-order valence-corrected chi connectivity index (χ3v) is 7.68. The number of piperidine rings is 1. The molecule has 0 unspecified atom stereocenters. The summed E-state index contributed by atoms with van der Waals surface area (Å²) in [5.41, 5.74) is -1.56. The lowest BCUT2D eigenvalue weighted by Gasteiger charge is -2.54. The molecule has 0 amide bonds. The predicted octanol–water partition coefficient (Wildman–Crippen LogP) is 4.42. The van der Waals surface area contributed by atoms with Gasteiger partial charge in [0.25, 0.3) is 0 Å². The second-order valence-electron chi connectivity index (χ2n) is 10.9. The highest BCUT2D eigenvalue weighted by Crippen LogP contribution is 2.49. The minimum absolute atomic E-state index is 0.00234. The number of nitrogens with zero attached hydrogens (tertiary/aromatic N) is 1. The first-order chi connectivity index (χ1) is 15.8. The van der Waals surface area contributed by atoms with Crippen molar-refractivity contribution >= 4 is 11.6 Å². The number of hydrogen-bond acceptors (Lipinski definition) is 7. The maximum absolute atomic E-state index is 12.9. The van der Waals surface area contributed by atoms with E-state index in [2.05, 4.69) is 16.7 Å². The second-order valence-corrected chi connectivity index (χ2v) is 10.9. The van der Waals surface area contributed by atoms with Crippen LogP contribution in [-0.4, -0.2) is 57.5 Å². The Bertz CT molecular complexity index is 939. The summed E-state index contributed by atoms with van der Waals surface area (Å²) in [4.78, 5) is 32.3. The molecule has 0 aromatic rings. The van der Waals surface area contributed by atoms with E-state index in [1.807, 2.05) is 33.8 Å². The topological polar surface area (TPSA) is 85.3 Å². The van der Waals surface area contributed by atoms with E-state index in [-0.39, 0.29) is 24.2 Å². The standard InChI is InChI=1S/C27H39NO6/c1-8-9-10-11-21-13-12-20-16-22(30)14-15-26(20,7)28(21)23(33-31)17-24(3,4)27(19(2)29)18-32-25(5,6)34-27/h14-16,21,23,31H,8,11-13,17-18H2,1-7H3/t21-,23+,26+,27+/m1/s1. The molecule has 0 radical (unpaired) electrons. The molecule has 2 saturated heterocycles. The van der Waals surface area contributed by atoms with Crippen molar-refractivity contribution in [2.24, 2.45) is 5.41 Å². The zero-order valence-electron chi connectivity index (χ0n) is 21.6. The normalized spacial score (nSPS) is 31.9. The molecule has 0 spiro atoms. The van der Waals surface area contributed by atoms with Gasteiger partial charge in [0.15, 0.2) is 23.0 Å². The lowest BCUT2D eigenvalue weighted by Crippen LogP contribution is -2.63. The van der Waals surface area contributed by atoms with E-state index < -0.39 is 28.6 Å². The van der Waals surface area contributed by atoms with Crippen molar-refractivity contribution in [2.75, 3.05) is 6.61 Å². The van der Waals surface area contributed by atoms with Gasteiger partial charge in [0.2, 0.25) is 0 Å². The minimum Gasteiger partial charge on any atom is -0.347 e. The van der Waals surface area contributed by atoms with Crippen LogP contribution in [0.4, 0.5) is 0 Å². The Morgan fingerprint density at radius 2 is 2.06 bits per heavy atom. The molecule has 188 valence electrons. The van der Waals surface area contributed by atoms with Crippen LogP contribution < -0.4 is 0 Å². The molecule has 1 aliphatic carbocycles. The summed E-state index contributed by atoms with van der Waals surface area (Å²) in [5, 5.41) is 10.2. The highest BCUT2D eigenvalue weighted by Gasteiger charge is 2.60. The lowest BCUT2D eigenvalue weighted by molar-refractivity contribution is -0.335. The van der Waals surface area contributed by atoms with Crippen molar-refractivity contribution in [3.63, 3.8) is 0 Å². The van der Waals surface area contributed by atoms with Crippen LogP contribution in [0.5, 0.6) is 0 Å². The maximum Gasteiger partial charge on any atom is 0.178 e. The van der Waals surface area contributed by atoms with Crippen LogP contribution in [0.15, 0.2) is 23.8 Å². The van der Waals surface area contributed by atoms with Crippen LogP contribution in [0.1, 0.15) is 80.6 Å². The molecule has 0 aromatic carbocycles. The van der Waals surface area contributed by atoms with Gasteiger partial charge in [0, 0.05) is 24.3 Å². The molecule has 7 nitrogen and oxygen atoms in total. The second kappa shape index (κ2) is 9.67. The number of ketones is 2. The number of rotatable bonds is 7. The Balaban J connectivity index is 2.00. The van der Waals surface area contributed by atoms with Crippen LogP contribution >= 0.6 is 0 Å². The van der Waals surface area contributed by atoms with Gasteiger partial charge in [-0.15, -0.1) is 11.8 Å². The molecular formula is C27H39NO6. The molecule has 7 heteroatoms. The largest absolute Gasteiger partial charge is 0.347 e. The SMILES string of the molecule is CCC#CC[C@@H]1CCC2=CC(=O)C=C[C@]2(C)N1[C@H](CC(C)(C)[C@@]1(C(C)=O)COC(C)(C)O1)OO. The van der Waals surface area contributed by atoms with Crippen LogP contribution in [0, 0.1) is 17.3 Å². The summed E-state index contributed by atoms with van der Waals surface area (Å²) >= 11 is 0. The molecule has 1 N–H and O–H groups in total. The van der Waals surface area contributed by atoms with E-state index in [0.29, 0.717) is 12.8 Å². The highest BCUT2D eigenvalue weighted by atomic mass is 17.1. The van der Waals surface area contributed by atoms with Gasteiger partial charge in [0.1, 0.15) is 6.23 Å². The van der Waals surface area contributed by atoms with Crippen molar-refractivity contribution in [1.82, 2.24) is 4.90 Å². The quantitative estimate of drug-likeness (QED) is 0.333. The van der Waals surface area contributed by atoms with Crippen molar-refractivity contribution < 1.29 is 29.2 Å². The summed E-state index contributed by atoms with van der Waals surface area (Å²) in [7, 11) is 0. The van der Waals surface area contributed by atoms with E-state index in [0.717, 1.165) is 24.8 Å². The Labute approximate surface area is 203 Å². The van der Waals surface area contributed by atoms with Crippen LogP contribution in [0.25, 0.3) is 0 Å². The molecule has 0 bridgehead atoms. The van der Waals surface area contributed by atoms with Gasteiger partial charge in [-0.1, -0.05) is 26.8 Å². The number of carbonyl (C=O) groups excluding carboxylic acids is 2. The van der Waals surface area contributed by atoms with Gasteiger partial charge in [-0.2, -0.15) is 0 Å². The first kappa shape index (κ1) is 26.8. The zero-order chi connectivity index (χ0) is 25.4. The third-order valence-electron chi connectivity index (χ3n) is 7.68. The Morgan fingerprint density at radius 3 is 2.62 bits per heavy atom. The fourth-order valence-electron chi connectivity index (χ4n) is 5.71. The number of carbonyl (C=O) groups is 2. The fourth-order valence-corrected chi connectivity index (χ4v) is 5.71. The van der Waals surface area contributed by atoms with E-state index in [1.54, 1.807) is 26.0 Å². The molecule has 4 atom stereocenters. The van der Waals surface area contributed by atoms with Crippen LogP contribution in [-0.2, 0) is 24.0 Å². The molecule has 2 aliphatic heterocycles. The minimum atomic E-state index is -1.18. The Hall–Kier alpha value is -1.82. The van der Waals surface area contributed by atoms with Gasteiger partial charge >= 0.3 is 0 Å². The van der Waals surface area contributed by atoms with Gasteiger partial charge in [-0.25, -0.2) is 4.89 Å². The van der Waals surface area contributed by atoms with Crippen LogP contribution in [0.3, 0.4) is 0 Å². The predicted molar refractivity (Wildman–Crippen MR) is 129 cm³/mol. The summed E-state index contributed by atoms with van der Waals surface area (Å²) < 4.78 is 12.1. The molecule has 2 fully saturated rings. The van der Waals surface area contributed by atoms with Crippen molar-refractivity contribution in [2.45, 2.75) is 110 Å². The molecule has 0 aromatic heterocycles. The monoisotopic (exact) mass is 473 g/mol. The van der Waals surface area contributed by atoms with E-state index in [4.69, 9.17) is 14.4 Å². The smallest absolute Gasteiger partial charge is 0.178 e. The third kappa shape index (κ3) is 4.80. The van der Waals surface area contributed by atoms with Crippen molar-refractivity contribution in [3.05, 3.63) is 23.8 Å². The van der Waals surface area contributed by atoms with Gasteiger partial charge < -0.3 is 9.47 Å². The number of likely N-dealkylation sites (tertiary alicyclic amines) is 1. The van der Waals surface area contributed by atoms with E-state index in [9.17, 15) is 14.8 Å². The number of hydrogen-bond donors (Lipinski definition) is 1. The maximum atomic E-state index is 12.9. The van der Waals surface area contributed by atoms with E-state index in [1.165, 1.54) is 6.92 Å². The van der Waals surface area contributed by atoms with Crippen molar-refractivity contribution in [3.8, 4) is 11.8 Å². The number of fused-ring (bicyclic) bond motifs is 1. The van der Waals surface area contributed by atoms with Crippen molar-refractivity contribution in [1.29, 1.82) is 0 Å². The molecule has 0 saturated carbocycles. The first-order valence-corrected chi connectivity index (χ1v) is 12.2. The van der Waals surface area contributed by atoms with E-state index >= 15 is 0 Å². The molecular weight excluding hydrogens is 434 g/mol. The fraction of sp³-hybridized carbons (Fsp3) is 0.704. The summed E-state index contributed by atoms with van der Waals surface area (Å²) in [5.74, 6) is 5.34. The van der Waals surface area contributed by atoms with Crippen LogP contribution in [0.2, 0.25) is 0 Å². The average molecular weight is 474 g/mol. The molecule has 2 heterocycles. The molecule has 3 rings (SSSR count). The van der Waals surface area contributed by atoms with Gasteiger partial charge in [-0.3, -0.25) is 19.7 Å². The highest BCUT2D eigenvalue weighted by molar-refractivity contribution is 6.01. The Kier molecular flexibility index (Phi) is 7.62. The number of allylic oxidation sites excluding steroid dienone is 2. The molecule has 34 heavy (non-hydrogen) atoms. The van der Waals surface area contributed by atoms with Gasteiger partial charge in [-0.05, 0) is 64.7 Å². The van der Waals surface area contributed by atoms with Gasteiger partial charge in [0.05, 0.1) is 12.1 Å².